The molecule has 0 amide bonds. The molecule has 1 aliphatic rings. The standard InChI is InChI=1S/C25H22BrNO4/c1-31-24(29)25(30)16-21(18-11-8-12-19(26)15-18)22(23(28)17-9-4-2-5-10-17)27(25)20-13-6-3-7-14-20/h2-15,21-22,30H,16H2,1H3/t21-,22+,25-/m0/s1. The Morgan fingerprint density at radius 2 is 1.65 bits per heavy atom. The summed E-state index contributed by atoms with van der Waals surface area (Å²) in [7, 11) is 1.24. The third kappa shape index (κ3) is 3.89. The van der Waals surface area contributed by atoms with Gasteiger partial charge in [0.25, 0.3) is 0 Å². The molecule has 1 fully saturated rings. The number of ketones is 1. The molecule has 0 spiro atoms. The summed E-state index contributed by atoms with van der Waals surface area (Å²) in [4.78, 5) is 28.1. The Hall–Kier alpha value is -2.96. The molecule has 0 bridgehead atoms. The molecule has 0 saturated carbocycles. The molecule has 0 aromatic heterocycles. The Bertz CT molecular complexity index is 1090. The summed E-state index contributed by atoms with van der Waals surface area (Å²) >= 11 is 3.49. The zero-order valence-electron chi connectivity index (χ0n) is 16.9. The van der Waals surface area contributed by atoms with Gasteiger partial charge in [-0.05, 0) is 29.8 Å². The number of hydrogen-bond donors (Lipinski definition) is 1. The predicted octanol–water partition coefficient (Wildman–Crippen LogP) is 4.56. The second-order valence-electron chi connectivity index (χ2n) is 7.55. The van der Waals surface area contributed by atoms with Crippen LogP contribution in [0.5, 0.6) is 0 Å². The number of aliphatic hydroxyl groups is 1. The van der Waals surface area contributed by atoms with E-state index in [2.05, 4.69) is 15.9 Å². The molecule has 1 N–H and O–H groups in total. The van der Waals surface area contributed by atoms with Gasteiger partial charge in [-0.3, -0.25) is 4.79 Å². The van der Waals surface area contributed by atoms with Gasteiger partial charge in [-0.2, -0.15) is 0 Å². The van der Waals surface area contributed by atoms with Gasteiger partial charge in [0.05, 0.1) is 7.11 Å². The number of methoxy groups -OCH3 is 1. The summed E-state index contributed by atoms with van der Waals surface area (Å²) in [5, 5.41) is 11.6. The van der Waals surface area contributed by atoms with Crippen molar-refractivity contribution >= 4 is 33.4 Å². The van der Waals surface area contributed by atoms with Crippen LogP contribution in [-0.2, 0) is 9.53 Å². The summed E-state index contributed by atoms with van der Waals surface area (Å²) in [6.07, 6.45) is 0.0221. The lowest BCUT2D eigenvalue weighted by Crippen LogP contribution is -2.55. The number of ether oxygens (including phenoxy) is 1. The van der Waals surface area contributed by atoms with E-state index in [-0.39, 0.29) is 12.2 Å². The van der Waals surface area contributed by atoms with E-state index in [4.69, 9.17) is 4.74 Å². The molecule has 158 valence electrons. The summed E-state index contributed by atoms with van der Waals surface area (Å²) in [6.45, 7) is 0. The molecule has 0 aliphatic carbocycles. The van der Waals surface area contributed by atoms with Crippen LogP contribution in [0.25, 0.3) is 0 Å². The smallest absolute Gasteiger partial charge is 0.359 e. The quantitative estimate of drug-likeness (QED) is 0.429. The molecule has 31 heavy (non-hydrogen) atoms. The third-order valence-corrected chi connectivity index (χ3v) is 6.21. The van der Waals surface area contributed by atoms with Crippen LogP contribution in [0.1, 0.15) is 28.3 Å². The highest BCUT2D eigenvalue weighted by Crippen LogP contribution is 2.47. The number of halogens is 1. The number of benzene rings is 3. The first kappa shape index (κ1) is 21.3. The van der Waals surface area contributed by atoms with E-state index in [0.717, 1.165) is 10.0 Å². The predicted molar refractivity (Wildman–Crippen MR) is 122 cm³/mol. The molecule has 4 rings (SSSR count). The summed E-state index contributed by atoms with van der Waals surface area (Å²) < 4.78 is 5.84. The van der Waals surface area contributed by atoms with E-state index in [1.165, 1.54) is 12.0 Å². The maximum absolute atomic E-state index is 13.8. The van der Waals surface area contributed by atoms with Crippen molar-refractivity contribution in [2.24, 2.45) is 0 Å². The van der Waals surface area contributed by atoms with Gasteiger partial charge in [0.1, 0.15) is 6.04 Å². The monoisotopic (exact) mass is 479 g/mol. The Kier molecular flexibility index (Phi) is 5.94. The number of Topliss-reactive ketones (excluding diaryl/α,β-unsaturated/α-hetero) is 1. The molecule has 1 heterocycles. The highest BCUT2D eigenvalue weighted by atomic mass is 79.9. The van der Waals surface area contributed by atoms with Gasteiger partial charge in [0.15, 0.2) is 5.78 Å². The topological polar surface area (TPSA) is 66.8 Å². The lowest BCUT2D eigenvalue weighted by Gasteiger charge is -2.36. The van der Waals surface area contributed by atoms with Crippen LogP contribution in [0.2, 0.25) is 0 Å². The summed E-state index contributed by atoms with van der Waals surface area (Å²) in [5.74, 6) is -1.40. The Morgan fingerprint density at radius 1 is 1.00 bits per heavy atom. The van der Waals surface area contributed by atoms with E-state index in [0.29, 0.717) is 11.3 Å². The Morgan fingerprint density at radius 3 is 2.26 bits per heavy atom. The largest absolute Gasteiger partial charge is 0.465 e. The van der Waals surface area contributed by atoms with Crippen molar-refractivity contribution in [1.82, 2.24) is 0 Å². The van der Waals surface area contributed by atoms with Gasteiger partial charge >= 0.3 is 5.97 Å². The molecule has 1 aliphatic heterocycles. The number of hydrogen-bond acceptors (Lipinski definition) is 5. The van der Waals surface area contributed by atoms with Crippen LogP contribution < -0.4 is 4.90 Å². The molecule has 0 radical (unpaired) electrons. The van der Waals surface area contributed by atoms with E-state index in [1.807, 2.05) is 48.5 Å². The maximum atomic E-state index is 13.8. The third-order valence-electron chi connectivity index (χ3n) is 5.71. The molecule has 6 heteroatoms. The van der Waals surface area contributed by atoms with Crippen LogP contribution in [0, 0.1) is 0 Å². The first-order chi connectivity index (χ1) is 15.0. The Balaban J connectivity index is 1.92. The van der Waals surface area contributed by atoms with Crippen LogP contribution >= 0.6 is 15.9 Å². The molecule has 3 aromatic carbocycles. The van der Waals surface area contributed by atoms with Crippen molar-refractivity contribution in [1.29, 1.82) is 0 Å². The molecule has 1 saturated heterocycles. The average molecular weight is 480 g/mol. The number of para-hydroxylation sites is 1. The molecular formula is C25H22BrNO4. The highest BCUT2D eigenvalue weighted by molar-refractivity contribution is 9.10. The lowest BCUT2D eigenvalue weighted by molar-refractivity contribution is -0.161. The number of carbonyl (C=O) groups is 2. The van der Waals surface area contributed by atoms with Crippen molar-refractivity contribution in [3.63, 3.8) is 0 Å². The highest BCUT2D eigenvalue weighted by Gasteiger charge is 2.59. The molecule has 3 aromatic rings. The van der Waals surface area contributed by atoms with Gasteiger partial charge in [0.2, 0.25) is 5.72 Å². The van der Waals surface area contributed by atoms with Crippen molar-refractivity contribution in [3.05, 3.63) is 101 Å². The normalized spacial score (nSPS) is 22.9. The fourth-order valence-electron chi connectivity index (χ4n) is 4.35. The number of nitrogens with zero attached hydrogens (tertiary/aromatic N) is 1. The number of carbonyl (C=O) groups excluding carboxylic acids is 2. The van der Waals surface area contributed by atoms with Crippen LogP contribution in [-0.4, -0.2) is 35.7 Å². The zero-order chi connectivity index (χ0) is 22.0. The SMILES string of the molecule is COC(=O)[C@@]1(O)C[C@@H](c2cccc(Br)c2)[C@H](C(=O)c2ccccc2)N1c1ccccc1. The minimum Gasteiger partial charge on any atom is -0.465 e. The van der Waals surface area contributed by atoms with Crippen LogP contribution in [0.3, 0.4) is 0 Å². The average Bonchev–Trinajstić information content (AvgIpc) is 3.13. The van der Waals surface area contributed by atoms with E-state index < -0.39 is 23.7 Å². The fourth-order valence-corrected chi connectivity index (χ4v) is 4.76. The first-order valence-electron chi connectivity index (χ1n) is 9.95. The van der Waals surface area contributed by atoms with Crippen molar-refractivity contribution in [2.45, 2.75) is 24.1 Å². The van der Waals surface area contributed by atoms with E-state index in [1.54, 1.807) is 36.4 Å². The molecule has 0 unspecified atom stereocenters. The number of esters is 1. The summed E-state index contributed by atoms with van der Waals surface area (Å²) in [5.41, 5.74) is -0.0489. The molecular weight excluding hydrogens is 458 g/mol. The van der Waals surface area contributed by atoms with Crippen molar-refractivity contribution in [2.75, 3.05) is 12.0 Å². The van der Waals surface area contributed by atoms with E-state index in [9.17, 15) is 14.7 Å². The second kappa shape index (κ2) is 8.65. The molecule has 5 nitrogen and oxygen atoms in total. The van der Waals surface area contributed by atoms with Gasteiger partial charge in [-0.1, -0.05) is 76.6 Å². The minimum atomic E-state index is -1.99. The van der Waals surface area contributed by atoms with Crippen LogP contribution in [0.15, 0.2) is 89.4 Å². The van der Waals surface area contributed by atoms with Crippen molar-refractivity contribution in [3.8, 4) is 0 Å². The first-order valence-corrected chi connectivity index (χ1v) is 10.7. The van der Waals surface area contributed by atoms with Crippen molar-refractivity contribution < 1.29 is 19.4 Å². The van der Waals surface area contributed by atoms with E-state index >= 15 is 0 Å². The fraction of sp³-hybridized carbons (Fsp3) is 0.200. The van der Waals surface area contributed by atoms with Gasteiger partial charge < -0.3 is 14.7 Å². The minimum absolute atomic E-state index is 0.0221. The lowest BCUT2D eigenvalue weighted by atomic mass is 9.86. The van der Waals surface area contributed by atoms with Gasteiger partial charge in [0, 0.05) is 28.1 Å². The Labute approximate surface area is 189 Å². The maximum Gasteiger partial charge on any atom is 0.359 e. The summed E-state index contributed by atoms with van der Waals surface area (Å²) in [6, 6.07) is 24.8. The van der Waals surface area contributed by atoms with Gasteiger partial charge in [-0.25, -0.2) is 4.79 Å². The van der Waals surface area contributed by atoms with Crippen LogP contribution in [0.4, 0.5) is 5.69 Å². The zero-order valence-corrected chi connectivity index (χ0v) is 18.5. The number of anilines is 1. The van der Waals surface area contributed by atoms with Gasteiger partial charge in [-0.15, -0.1) is 0 Å². The second-order valence-corrected chi connectivity index (χ2v) is 8.47. The number of rotatable bonds is 5. The molecule has 3 atom stereocenters.